The van der Waals surface area contributed by atoms with Crippen LogP contribution in [0.15, 0.2) is 84.9 Å². The highest BCUT2D eigenvalue weighted by Crippen LogP contribution is 2.23. The molecule has 1 atom stereocenters. The highest BCUT2D eigenvalue weighted by Gasteiger charge is 2.33. The number of anilines is 3. The van der Waals surface area contributed by atoms with Crippen LogP contribution in [0.3, 0.4) is 0 Å². The number of para-hydroxylation sites is 2. The molecule has 0 spiro atoms. The highest BCUT2D eigenvalue weighted by atomic mass is 28.4. The van der Waals surface area contributed by atoms with Gasteiger partial charge in [0.25, 0.3) is 0 Å². The summed E-state index contributed by atoms with van der Waals surface area (Å²) in [6.07, 6.45) is 1.49. The minimum Gasteiger partial charge on any atom is -0.398 e. The average molecular weight is 779 g/mol. The van der Waals surface area contributed by atoms with E-state index in [2.05, 4.69) is 22.5 Å². The van der Waals surface area contributed by atoms with Crippen LogP contribution in [0.4, 0.5) is 31.4 Å². The van der Waals surface area contributed by atoms with Crippen LogP contribution in [0.25, 0.3) is 0 Å². The van der Waals surface area contributed by atoms with Crippen molar-refractivity contribution in [3.05, 3.63) is 90.5 Å². The lowest BCUT2D eigenvalue weighted by Crippen LogP contribution is -2.43. The zero-order valence-corrected chi connectivity index (χ0v) is 34.5. The Morgan fingerprint density at radius 2 is 1.39 bits per heavy atom. The van der Waals surface area contributed by atoms with Crippen molar-refractivity contribution in [2.75, 3.05) is 75.1 Å². The predicted octanol–water partition coefficient (Wildman–Crippen LogP) is 7.44. The maximum absolute atomic E-state index is 13.5. The van der Waals surface area contributed by atoms with E-state index in [0.717, 1.165) is 29.8 Å². The molecule has 13 nitrogen and oxygen atoms in total. The molecule has 0 radical (unpaired) electrons. The van der Waals surface area contributed by atoms with E-state index in [9.17, 15) is 14.4 Å². The molecule has 0 aliphatic carbocycles. The van der Waals surface area contributed by atoms with Crippen LogP contribution in [-0.4, -0.2) is 105 Å². The first-order valence-electron chi connectivity index (χ1n) is 18.9. The van der Waals surface area contributed by atoms with Crippen molar-refractivity contribution >= 4 is 52.3 Å². The fourth-order valence-electron chi connectivity index (χ4n) is 6.29. The number of nitrogens with zero attached hydrogens (tertiary/aromatic N) is 3. The van der Waals surface area contributed by atoms with Crippen molar-refractivity contribution in [3.8, 4) is 0 Å². The van der Waals surface area contributed by atoms with Crippen molar-refractivity contribution in [1.82, 2.24) is 15.1 Å². The molecule has 4 rings (SSSR count). The molecule has 3 N–H and O–H groups in total. The first kappa shape index (κ1) is 42.5. The molecule has 3 aromatic rings. The molecule has 294 valence electrons. The summed E-state index contributed by atoms with van der Waals surface area (Å²) in [7, 11) is -3.16. The number of urea groups is 3. The Labute approximate surface area is 322 Å². The average Bonchev–Trinajstić information content (AvgIpc) is 3.54. The third-order valence-corrected chi connectivity index (χ3v) is 15.3. The molecule has 1 saturated heterocycles. The molecule has 15 heteroatoms. The number of hydrogen-bond acceptors (Lipinski definition) is 7. The van der Waals surface area contributed by atoms with Gasteiger partial charge in [0.05, 0.1) is 6.61 Å². The summed E-state index contributed by atoms with van der Waals surface area (Å²) >= 11 is 0. The molecule has 1 aliphatic heterocycles. The molecule has 1 fully saturated rings. The van der Waals surface area contributed by atoms with E-state index in [4.69, 9.17) is 17.7 Å². The lowest BCUT2D eigenvalue weighted by atomic mass is 10.2. The van der Waals surface area contributed by atoms with Gasteiger partial charge in [0, 0.05) is 76.7 Å². The summed E-state index contributed by atoms with van der Waals surface area (Å²) in [4.78, 5) is 44.4. The first-order chi connectivity index (χ1) is 26.1. The van der Waals surface area contributed by atoms with Crippen molar-refractivity contribution in [3.63, 3.8) is 0 Å². The van der Waals surface area contributed by atoms with Crippen LogP contribution in [0.2, 0.25) is 25.2 Å². The zero-order valence-electron chi connectivity index (χ0n) is 32.5. The standard InChI is InChI=1S/C39H58N6O7Si2/c1-6-50-54(5,51-7-2)31-14-25-43(27-24-40-37(46)41-34-16-10-8-11-17-34)38(47)42-35-22-20-33(21-23-35)32-52-53(4,49-3)30-15-26-44-28-29-45(39(44)48)36-18-12-9-13-19-36/h8-13,16-23H,6-7,14-15,24-32H2,1-5H3,(H,42,47)(H2,40,41,46). The Morgan fingerprint density at radius 3 is 2.04 bits per heavy atom. The number of carbonyl (C=O) groups excluding carboxylic acids is 3. The van der Waals surface area contributed by atoms with E-state index in [1.54, 1.807) is 12.0 Å². The minimum atomic E-state index is -2.49. The van der Waals surface area contributed by atoms with Gasteiger partial charge in [0.15, 0.2) is 0 Å². The van der Waals surface area contributed by atoms with Gasteiger partial charge in [0.2, 0.25) is 0 Å². The second-order valence-electron chi connectivity index (χ2n) is 13.5. The summed E-state index contributed by atoms with van der Waals surface area (Å²) in [5.74, 6) is 0. The van der Waals surface area contributed by atoms with E-state index < -0.39 is 17.1 Å². The van der Waals surface area contributed by atoms with Crippen LogP contribution < -0.4 is 20.9 Å². The van der Waals surface area contributed by atoms with Crippen LogP contribution in [-0.2, 0) is 24.3 Å². The van der Waals surface area contributed by atoms with E-state index in [1.165, 1.54) is 0 Å². The normalized spacial score (nSPS) is 14.1. The second kappa shape index (κ2) is 21.6. The van der Waals surface area contributed by atoms with Crippen molar-refractivity contribution < 1.29 is 32.1 Å². The molecule has 1 aliphatic rings. The fraction of sp³-hybridized carbons (Fsp3) is 0.462. The number of hydrogen-bond donors (Lipinski definition) is 3. The lowest BCUT2D eigenvalue weighted by Gasteiger charge is -2.28. The monoisotopic (exact) mass is 778 g/mol. The number of nitrogens with one attached hydrogen (secondary N) is 3. The number of amides is 6. The van der Waals surface area contributed by atoms with Crippen LogP contribution in [0.1, 0.15) is 32.3 Å². The number of rotatable bonds is 22. The Bertz CT molecular complexity index is 1590. The van der Waals surface area contributed by atoms with Crippen LogP contribution in [0, 0.1) is 0 Å². The Balaban J connectivity index is 1.26. The van der Waals surface area contributed by atoms with Gasteiger partial charge in [-0.3, -0.25) is 4.90 Å². The Morgan fingerprint density at radius 1 is 0.759 bits per heavy atom. The fourth-order valence-corrected chi connectivity index (χ4v) is 10.4. The third-order valence-electron chi connectivity index (χ3n) is 9.35. The van der Waals surface area contributed by atoms with Gasteiger partial charge in [-0.15, -0.1) is 0 Å². The van der Waals surface area contributed by atoms with Gasteiger partial charge in [-0.25, -0.2) is 14.4 Å². The minimum absolute atomic E-state index is 0.0360. The lowest BCUT2D eigenvalue weighted by molar-refractivity contribution is 0.184. The molecular formula is C39H58N6O7Si2. The van der Waals surface area contributed by atoms with Gasteiger partial charge in [-0.1, -0.05) is 48.5 Å². The topological polar surface area (TPSA) is 134 Å². The molecule has 6 amide bonds. The van der Waals surface area contributed by atoms with E-state index in [-0.39, 0.29) is 24.6 Å². The van der Waals surface area contributed by atoms with E-state index in [1.807, 2.05) is 115 Å². The quantitative estimate of drug-likeness (QED) is 0.0903. The third kappa shape index (κ3) is 13.5. The summed E-state index contributed by atoms with van der Waals surface area (Å²) in [6, 6.07) is 27.5. The molecule has 3 aromatic carbocycles. The van der Waals surface area contributed by atoms with Crippen molar-refractivity contribution in [2.24, 2.45) is 0 Å². The maximum atomic E-state index is 13.5. The zero-order chi connectivity index (χ0) is 38.8. The first-order valence-corrected chi connectivity index (χ1v) is 23.9. The maximum Gasteiger partial charge on any atom is 0.335 e. The van der Waals surface area contributed by atoms with Gasteiger partial charge >= 0.3 is 35.2 Å². The van der Waals surface area contributed by atoms with Crippen molar-refractivity contribution in [1.29, 1.82) is 0 Å². The van der Waals surface area contributed by atoms with Gasteiger partial charge < -0.3 is 43.5 Å². The highest BCUT2D eigenvalue weighted by molar-refractivity contribution is 6.66. The van der Waals surface area contributed by atoms with Crippen molar-refractivity contribution in [2.45, 2.75) is 58.5 Å². The summed E-state index contributed by atoms with van der Waals surface area (Å²) < 4.78 is 24.3. The van der Waals surface area contributed by atoms with Gasteiger partial charge in [-0.05, 0) is 93.8 Å². The molecule has 0 aromatic heterocycles. The molecule has 0 saturated carbocycles. The summed E-state index contributed by atoms with van der Waals surface area (Å²) in [6.45, 7) is 12.7. The molecule has 0 bridgehead atoms. The van der Waals surface area contributed by atoms with Gasteiger partial charge in [0.1, 0.15) is 0 Å². The van der Waals surface area contributed by atoms with Crippen LogP contribution in [0.5, 0.6) is 0 Å². The molecule has 54 heavy (non-hydrogen) atoms. The van der Waals surface area contributed by atoms with E-state index in [0.29, 0.717) is 70.3 Å². The SMILES string of the molecule is CCO[Si](C)(CCCN(CCNC(=O)Nc1ccccc1)C(=O)Nc1ccc(CO[Si](C)(CCCN2CCN(c3ccccc3)C2=O)OC)cc1)OCC. The number of carbonyl (C=O) groups is 3. The smallest absolute Gasteiger partial charge is 0.335 e. The number of benzene rings is 3. The van der Waals surface area contributed by atoms with E-state index >= 15 is 0 Å². The molecule has 1 heterocycles. The largest absolute Gasteiger partial charge is 0.398 e. The van der Waals surface area contributed by atoms with Gasteiger partial charge in [-0.2, -0.15) is 0 Å². The Kier molecular flexibility index (Phi) is 17.0. The predicted molar refractivity (Wildman–Crippen MR) is 218 cm³/mol. The van der Waals surface area contributed by atoms with Crippen LogP contribution >= 0.6 is 0 Å². The second-order valence-corrected chi connectivity index (χ2v) is 20.3. The molecular weight excluding hydrogens is 721 g/mol. The summed E-state index contributed by atoms with van der Waals surface area (Å²) in [5, 5.41) is 8.67. The summed E-state index contributed by atoms with van der Waals surface area (Å²) in [5.41, 5.74) is 3.22. The molecule has 1 unspecified atom stereocenters. The Hall–Kier alpha value is -4.26.